The van der Waals surface area contributed by atoms with E-state index in [9.17, 15) is 4.79 Å². The van der Waals surface area contributed by atoms with E-state index in [-0.39, 0.29) is 11.9 Å². The molecule has 1 N–H and O–H groups in total. The summed E-state index contributed by atoms with van der Waals surface area (Å²) in [5, 5.41) is 3.79. The van der Waals surface area contributed by atoms with Crippen LogP contribution in [-0.2, 0) is 11.2 Å². The van der Waals surface area contributed by atoms with Crippen molar-refractivity contribution in [2.24, 2.45) is 0 Å². The zero-order chi connectivity index (χ0) is 18.2. The van der Waals surface area contributed by atoms with Gasteiger partial charge in [0.2, 0.25) is 5.91 Å². The van der Waals surface area contributed by atoms with E-state index in [0.717, 1.165) is 24.4 Å². The van der Waals surface area contributed by atoms with Crippen LogP contribution in [0.1, 0.15) is 17.0 Å². The van der Waals surface area contributed by atoms with Crippen molar-refractivity contribution in [2.75, 3.05) is 26.4 Å². The van der Waals surface area contributed by atoms with Gasteiger partial charge in [0, 0.05) is 24.0 Å². The number of carbonyl (C=O) groups excluding carboxylic acids is 1. The summed E-state index contributed by atoms with van der Waals surface area (Å²) in [6.07, 6.45) is 0.815. The molecule has 1 aromatic heterocycles. The van der Waals surface area contributed by atoms with Gasteiger partial charge >= 0.3 is 0 Å². The van der Waals surface area contributed by atoms with Crippen LogP contribution in [0.5, 0.6) is 0 Å². The Kier molecular flexibility index (Phi) is 7.40. The number of aromatic nitrogens is 2. The fourth-order valence-electron chi connectivity index (χ4n) is 2.66. The van der Waals surface area contributed by atoms with Gasteiger partial charge in [-0.2, -0.15) is 0 Å². The molecule has 6 heteroatoms. The molecule has 1 amide bonds. The summed E-state index contributed by atoms with van der Waals surface area (Å²) in [4.78, 5) is 23.2. The largest absolute Gasteiger partial charge is 0.351 e. The molecule has 0 fully saturated rings. The molecular formula is C19H26N4OS. The van der Waals surface area contributed by atoms with E-state index in [1.54, 1.807) is 0 Å². The molecule has 0 unspecified atom stereocenters. The summed E-state index contributed by atoms with van der Waals surface area (Å²) in [5.41, 5.74) is 3.06. The van der Waals surface area contributed by atoms with E-state index in [1.807, 2.05) is 52.2 Å². The van der Waals surface area contributed by atoms with Gasteiger partial charge in [0.1, 0.15) is 0 Å². The van der Waals surface area contributed by atoms with Crippen LogP contribution in [0.2, 0.25) is 0 Å². The maximum Gasteiger partial charge on any atom is 0.230 e. The Balaban J connectivity index is 1.91. The average molecular weight is 359 g/mol. The van der Waals surface area contributed by atoms with E-state index in [1.165, 1.54) is 17.3 Å². The number of hydrogen-bond acceptors (Lipinski definition) is 5. The summed E-state index contributed by atoms with van der Waals surface area (Å²) in [6, 6.07) is 12.2. The predicted octanol–water partition coefficient (Wildman–Crippen LogP) is 2.47. The van der Waals surface area contributed by atoms with Gasteiger partial charge in [-0.25, -0.2) is 9.97 Å². The quantitative estimate of drug-likeness (QED) is 0.580. The van der Waals surface area contributed by atoms with E-state index in [4.69, 9.17) is 0 Å². The van der Waals surface area contributed by atoms with Gasteiger partial charge in [-0.15, -0.1) is 0 Å². The minimum Gasteiger partial charge on any atom is -0.351 e. The molecule has 0 saturated carbocycles. The standard InChI is InChI=1S/C19H26N4OS/c1-14-10-15(2)21-19(20-14)25-13-18(24)22-17(12-23(3)4)11-16-8-6-5-7-9-16/h5-10,17H,11-13H2,1-4H3,(H,22,24)/t17-/m1/s1. The number of nitrogens with one attached hydrogen (secondary N) is 1. The number of thioether (sulfide) groups is 1. The van der Waals surface area contributed by atoms with Crippen LogP contribution in [0.3, 0.4) is 0 Å². The van der Waals surface area contributed by atoms with Gasteiger partial charge in [-0.3, -0.25) is 4.79 Å². The van der Waals surface area contributed by atoms with Crippen LogP contribution in [0.15, 0.2) is 41.6 Å². The Labute approximate surface area is 154 Å². The number of rotatable bonds is 8. The fourth-order valence-corrected chi connectivity index (χ4v) is 3.42. The Bertz CT molecular complexity index is 671. The maximum absolute atomic E-state index is 12.4. The van der Waals surface area contributed by atoms with Crippen molar-refractivity contribution in [3.8, 4) is 0 Å². The second-order valence-electron chi connectivity index (χ2n) is 6.44. The van der Waals surface area contributed by atoms with Gasteiger partial charge < -0.3 is 10.2 Å². The number of hydrogen-bond donors (Lipinski definition) is 1. The highest BCUT2D eigenvalue weighted by atomic mass is 32.2. The number of carbonyl (C=O) groups is 1. The van der Waals surface area contributed by atoms with E-state index in [2.05, 4.69) is 32.3 Å². The molecule has 134 valence electrons. The zero-order valence-corrected chi connectivity index (χ0v) is 16.1. The molecule has 1 aromatic carbocycles. The summed E-state index contributed by atoms with van der Waals surface area (Å²) < 4.78 is 0. The molecule has 0 saturated heterocycles. The average Bonchev–Trinajstić information content (AvgIpc) is 2.52. The topological polar surface area (TPSA) is 58.1 Å². The number of benzene rings is 1. The van der Waals surface area contributed by atoms with Crippen LogP contribution in [0, 0.1) is 13.8 Å². The fraction of sp³-hybridized carbons (Fsp3) is 0.421. The first-order valence-corrected chi connectivity index (χ1v) is 9.34. The van der Waals surface area contributed by atoms with Crippen molar-refractivity contribution >= 4 is 17.7 Å². The smallest absolute Gasteiger partial charge is 0.230 e. The zero-order valence-electron chi connectivity index (χ0n) is 15.3. The number of amides is 1. The molecule has 0 aliphatic heterocycles. The molecule has 0 radical (unpaired) electrons. The molecule has 0 aliphatic rings. The maximum atomic E-state index is 12.4. The molecule has 0 bridgehead atoms. The summed E-state index contributed by atoms with van der Waals surface area (Å²) in [5.74, 6) is 0.331. The highest BCUT2D eigenvalue weighted by molar-refractivity contribution is 7.99. The number of nitrogens with zero attached hydrogens (tertiary/aromatic N) is 3. The van der Waals surface area contributed by atoms with Gasteiger partial charge in [-0.1, -0.05) is 42.1 Å². The van der Waals surface area contributed by atoms with Crippen molar-refractivity contribution < 1.29 is 4.79 Å². The SMILES string of the molecule is Cc1cc(C)nc(SCC(=O)N[C@H](Cc2ccccc2)CN(C)C)n1. The van der Waals surface area contributed by atoms with Gasteiger partial charge in [-0.05, 0) is 46.0 Å². The lowest BCUT2D eigenvalue weighted by Crippen LogP contribution is -2.43. The van der Waals surface area contributed by atoms with Gasteiger partial charge in [0.15, 0.2) is 5.16 Å². The van der Waals surface area contributed by atoms with Crippen LogP contribution in [0.25, 0.3) is 0 Å². The molecule has 25 heavy (non-hydrogen) atoms. The van der Waals surface area contributed by atoms with Crippen molar-refractivity contribution in [1.29, 1.82) is 0 Å². The highest BCUT2D eigenvalue weighted by Crippen LogP contribution is 2.14. The number of likely N-dealkylation sites (N-methyl/N-ethyl adjacent to an activating group) is 1. The molecule has 2 aromatic rings. The third kappa shape index (κ3) is 7.23. The first-order valence-electron chi connectivity index (χ1n) is 8.35. The lowest BCUT2D eigenvalue weighted by atomic mass is 10.1. The minimum atomic E-state index is 0.00976. The lowest BCUT2D eigenvalue weighted by molar-refractivity contribution is -0.119. The molecule has 5 nitrogen and oxygen atoms in total. The van der Waals surface area contributed by atoms with E-state index in [0.29, 0.717) is 10.9 Å². The Morgan fingerprint density at radius 3 is 2.40 bits per heavy atom. The molecule has 0 aliphatic carbocycles. The highest BCUT2D eigenvalue weighted by Gasteiger charge is 2.15. The van der Waals surface area contributed by atoms with Crippen molar-refractivity contribution in [2.45, 2.75) is 31.5 Å². The van der Waals surface area contributed by atoms with E-state index >= 15 is 0 Å². The molecule has 1 atom stereocenters. The molecule has 1 heterocycles. The molecular weight excluding hydrogens is 332 g/mol. The Hall–Kier alpha value is -1.92. The Morgan fingerprint density at radius 2 is 1.80 bits per heavy atom. The monoisotopic (exact) mass is 358 g/mol. The van der Waals surface area contributed by atoms with Crippen molar-refractivity contribution in [3.63, 3.8) is 0 Å². The van der Waals surface area contributed by atoms with Gasteiger partial charge in [0.25, 0.3) is 0 Å². The van der Waals surface area contributed by atoms with E-state index < -0.39 is 0 Å². The second-order valence-corrected chi connectivity index (χ2v) is 7.38. The summed E-state index contributed by atoms with van der Waals surface area (Å²) in [6.45, 7) is 4.67. The summed E-state index contributed by atoms with van der Waals surface area (Å²) in [7, 11) is 4.03. The molecule has 0 spiro atoms. The lowest BCUT2D eigenvalue weighted by Gasteiger charge is -2.22. The first-order chi connectivity index (χ1) is 11.9. The Morgan fingerprint density at radius 1 is 1.16 bits per heavy atom. The van der Waals surface area contributed by atoms with Crippen LogP contribution in [-0.4, -0.2) is 53.2 Å². The van der Waals surface area contributed by atoms with Crippen LogP contribution >= 0.6 is 11.8 Å². The van der Waals surface area contributed by atoms with Crippen molar-refractivity contribution in [3.05, 3.63) is 53.3 Å². The van der Waals surface area contributed by atoms with Crippen LogP contribution < -0.4 is 5.32 Å². The van der Waals surface area contributed by atoms with Crippen molar-refractivity contribution in [1.82, 2.24) is 20.2 Å². The summed E-state index contributed by atoms with van der Waals surface area (Å²) >= 11 is 1.38. The third-order valence-corrected chi connectivity index (χ3v) is 4.42. The normalized spacial score (nSPS) is 12.2. The molecule has 2 rings (SSSR count). The first kappa shape index (κ1) is 19.4. The number of aryl methyl sites for hydroxylation is 2. The van der Waals surface area contributed by atoms with Crippen LogP contribution in [0.4, 0.5) is 0 Å². The minimum absolute atomic E-state index is 0.00976. The predicted molar refractivity (Wildman–Crippen MR) is 103 cm³/mol. The van der Waals surface area contributed by atoms with Gasteiger partial charge in [0.05, 0.1) is 5.75 Å². The third-order valence-electron chi connectivity index (χ3n) is 3.57. The second kappa shape index (κ2) is 9.53.